The molecule has 19 heavy (non-hydrogen) atoms. The average molecular weight is 304 g/mol. The van der Waals surface area contributed by atoms with Gasteiger partial charge in [0, 0.05) is 16.5 Å². The van der Waals surface area contributed by atoms with Crippen LogP contribution in [0.1, 0.15) is 6.92 Å². The normalized spacial score (nSPS) is 11.9. The predicted octanol–water partition coefficient (Wildman–Crippen LogP) is 2.34. The maximum atomic E-state index is 11.3. The number of benzene rings is 1. The number of nitrogens with two attached hydrogens (primary N) is 1. The van der Waals surface area contributed by atoms with E-state index >= 15 is 0 Å². The van der Waals surface area contributed by atoms with Crippen molar-refractivity contribution >= 4 is 29.3 Å². The third-order valence-corrected chi connectivity index (χ3v) is 3.46. The predicted molar refractivity (Wildman–Crippen MR) is 78.9 cm³/mol. The zero-order valence-corrected chi connectivity index (χ0v) is 12.4. The van der Waals surface area contributed by atoms with E-state index < -0.39 is 6.04 Å². The summed E-state index contributed by atoms with van der Waals surface area (Å²) in [6, 6.07) is 6.66. The number of ether oxygens (including phenoxy) is 2. The first-order chi connectivity index (χ1) is 9.13. The van der Waals surface area contributed by atoms with Gasteiger partial charge in [-0.25, -0.2) is 0 Å². The van der Waals surface area contributed by atoms with Crippen molar-refractivity contribution in [3.05, 3.63) is 29.3 Å². The van der Waals surface area contributed by atoms with Crippen LogP contribution in [0.5, 0.6) is 5.75 Å². The van der Waals surface area contributed by atoms with Gasteiger partial charge in [-0.3, -0.25) is 4.79 Å². The molecule has 0 amide bonds. The van der Waals surface area contributed by atoms with Crippen LogP contribution in [0.3, 0.4) is 0 Å². The van der Waals surface area contributed by atoms with Crippen LogP contribution in [0.15, 0.2) is 24.3 Å². The van der Waals surface area contributed by atoms with Gasteiger partial charge in [-0.1, -0.05) is 17.7 Å². The summed E-state index contributed by atoms with van der Waals surface area (Å²) in [5.74, 6) is 1.66. The van der Waals surface area contributed by atoms with Crippen LogP contribution in [0.2, 0.25) is 5.02 Å². The van der Waals surface area contributed by atoms with Gasteiger partial charge >= 0.3 is 5.97 Å². The lowest BCUT2D eigenvalue weighted by Gasteiger charge is -2.10. The number of hydrogen-bond donors (Lipinski definition) is 1. The van der Waals surface area contributed by atoms with E-state index in [1.54, 1.807) is 30.8 Å². The minimum atomic E-state index is -0.573. The number of thioether (sulfide) groups is 1. The molecule has 0 saturated carbocycles. The first-order valence-corrected chi connectivity index (χ1v) is 7.55. The Bertz CT molecular complexity index is 403. The van der Waals surface area contributed by atoms with Gasteiger partial charge in [0.05, 0.1) is 13.2 Å². The van der Waals surface area contributed by atoms with Crippen LogP contribution < -0.4 is 10.5 Å². The Kier molecular flexibility index (Phi) is 7.70. The number of carbonyl (C=O) groups excluding carboxylic acids is 1. The Morgan fingerprint density at radius 3 is 3.00 bits per heavy atom. The topological polar surface area (TPSA) is 61.5 Å². The molecule has 0 aliphatic rings. The highest BCUT2D eigenvalue weighted by atomic mass is 35.5. The minimum absolute atomic E-state index is 0.356. The Morgan fingerprint density at radius 1 is 1.53 bits per heavy atom. The van der Waals surface area contributed by atoms with E-state index in [1.807, 2.05) is 12.1 Å². The Morgan fingerprint density at radius 2 is 2.32 bits per heavy atom. The van der Waals surface area contributed by atoms with Crippen molar-refractivity contribution in [1.29, 1.82) is 0 Å². The molecule has 0 bridgehead atoms. The van der Waals surface area contributed by atoms with E-state index in [2.05, 4.69) is 0 Å². The van der Waals surface area contributed by atoms with Gasteiger partial charge in [0.2, 0.25) is 0 Å². The van der Waals surface area contributed by atoms with Crippen LogP contribution in [0, 0.1) is 0 Å². The summed E-state index contributed by atoms with van der Waals surface area (Å²) in [6.07, 6.45) is 0. The molecule has 4 nitrogen and oxygen atoms in total. The van der Waals surface area contributed by atoms with Crippen molar-refractivity contribution in [2.24, 2.45) is 5.73 Å². The minimum Gasteiger partial charge on any atom is -0.493 e. The first kappa shape index (κ1) is 16.1. The van der Waals surface area contributed by atoms with E-state index in [-0.39, 0.29) is 5.97 Å². The summed E-state index contributed by atoms with van der Waals surface area (Å²) in [7, 11) is 0. The second-order valence-electron chi connectivity index (χ2n) is 3.74. The molecule has 0 fully saturated rings. The molecule has 1 rings (SSSR count). The molecule has 0 radical (unpaired) electrons. The van der Waals surface area contributed by atoms with Crippen molar-refractivity contribution in [2.75, 3.05) is 24.7 Å². The van der Waals surface area contributed by atoms with E-state index in [4.69, 9.17) is 26.8 Å². The maximum Gasteiger partial charge on any atom is 0.323 e. The Hall–Kier alpha value is -0.910. The third-order valence-electron chi connectivity index (χ3n) is 2.18. The monoisotopic (exact) mass is 303 g/mol. The number of hydrogen-bond acceptors (Lipinski definition) is 5. The molecule has 0 saturated heterocycles. The highest BCUT2D eigenvalue weighted by Crippen LogP contribution is 2.17. The van der Waals surface area contributed by atoms with Crippen molar-refractivity contribution < 1.29 is 14.3 Å². The Balaban J connectivity index is 2.13. The van der Waals surface area contributed by atoms with Crippen LogP contribution in [-0.2, 0) is 9.53 Å². The van der Waals surface area contributed by atoms with Crippen LogP contribution in [0.25, 0.3) is 0 Å². The number of esters is 1. The van der Waals surface area contributed by atoms with Crippen molar-refractivity contribution in [3.8, 4) is 5.75 Å². The summed E-state index contributed by atoms with van der Waals surface area (Å²) in [4.78, 5) is 11.3. The van der Waals surface area contributed by atoms with Gasteiger partial charge in [-0.2, -0.15) is 11.8 Å². The molecule has 6 heteroatoms. The average Bonchev–Trinajstić information content (AvgIpc) is 2.38. The van der Waals surface area contributed by atoms with E-state index in [0.29, 0.717) is 24.0 Å². The maximum absolute atomic E-state index is 11.3. The van der Waals surface area contributed by atoms with Crippen molar-refractivity contribution in [1.82, 2.24) is 0 Å². The zero-order chi connectivity index (χ0) is 14.1. The zero-order valence-electron chi connectivity index (χ0n) is 10.8. The summed E-state index contributed by atoms with van der Waals surface area (Å²) < 4.78 is 10.3. The molecule has 0 heterocycles. The largest absolute Gasteiger partial charge is 0.493 e. The fourth-order valence-electron chi connectivity index (χ4n) is 1.30. The molecule has 1 aromatic carbocycles. The van der Waals surface area contributed by atoms with Crippen LogP contribution >= 0.6 is 23.4 Å². The first-order valence-electron chi connectivity index (χ1n) is 6.01. The molecule has 1 atom stereocenters. The number of rotatable bonds is 8. The SMILES string of the molecule is CCOC(=O)C(N)CSCCOc1cccc(Cl)c1. The quantitative estimate of drug-likeness (QED) is 0.590. The van der Waals surface area contributed by atoms with Gasteiger partial charge in [0.25, 0.3) is 0 Å². The number of carbonyl (C=O) groups is 1. The lowest BCUT2D eigenvalue weighted by atomic mass is 10.3. The standard InChI is InChI=1S/C13H18ClNO3S/c1-2-17-13(16)12(15)9-19-7-6-18-11-5-3-4-10(14)8-11/h3-5,8,12H,2,6-7,9,15H2,1H3. The molecule has 106 valence electrons. The summed E-state index contributed by atoms with van der Waals surface area (Å²) in [5.41, 5.74) is 5.66. The molecule has 0 aromatic heterocycles. The van der Waals surface area contributed by atoms with E-state index in [1.165, 1.54) is 0 Å². The van der Waals surface area contributed by atoms with Gasteiger partial charge in [0.1, 0.15) is 11.8 Å². The van der Waals surface area contributed by atoms with Gasteiger partial charge < -0.3 is 15.2 Å². The molecule has 1 aromatic rings. The highest BCUT2D eigenvalue weighted by Gasteiger charge is 2.13. The summed E-state index contributed by atoms with van der Waals surface area (Å²) in [6.45, 7) is 2.66. The lowest BCUT2D eigenvalue weighted by molar-refractivity contribution is -0.144. The highest BCUT2D eigenvalue weighted by molar-refractivity contribution is 7.99. The van der Waals surface area contributed by atoms with Gasteiger partial charge in [-0.15, -0.1) is 0 Å². The van der Waals surface area contributed by atoms with Crippen LogP contribution in [-0.4, -0.2) is 36.7 Å². The molecule has 0 aliphatic heterocycles. The molecular weight excluding hydrogens is 286 g/mol. The fourth-order valence-corrected chi connectivity index (χ4v) is 2.24. The fraction of sp³-hybridized carbons (Fsp3) is 0.462. The van der Waals surface area contributed by atoms with Gasteiger partial charge in [-0.05, 0) is 25.1 Å². The Labute approximate surface area is 122 Å². The third kappa shape index (κ3) is 6.71. The smallest absolute Gasteiger partial charge is 0.323 e. The van der Waals surface area contributed by atoms with Gasteiger partial charge in [0.15, 0.2) is 0 Å². The molecule has 2 N–H and O–H groups in total. The van der Waals surface area contributed by atoms with E-state index in [0.717, 1.165) is 11.5 Å². The van der Waals surface area contributed by atoms with E-state index in [9.17, 15) is 4.79 Å². The summed E-state index contributed by atoms with van der Waals surface area (Å²) in [5, 5.41) is 0.648. The van der Waals surface area contributed by atoms with Crippen molar-refractivity contribution in [3.63, 3.8) is 0 Å². The van der Waals surface area contributed by atoms with Crippen molar-refractivity contribution in [2.45, 2.75) is 13.0 Å². The molecular formula is C13H18ClNO3S. The number of halogens is 1. The lowest BCUT2D eigenvalue weighted by Crippen LogP contribution is -2.34. The molecule has 0 spiro atoms. The summed E-state index contributed by atoms with van der Waals surface area (Å²) >= 11 is 7.39. The second kappa shape index (κ2) is 9.07. The second-order valence-corrected chi connectivity index (χ2v) is 5.33. The van der Waals surface area contributed by atoms with Crippen LogP contribution in [0.4, 0.5) is 0 Å². The molecule has 1 unspecified atom stereocenters. The molecule has 0 aliphatic carbocycles.